The highest BCUT2D eigenvalue weighted by Crippen LogP contribution is 2.44. The summed E-state index contributed by atoms with van der Waals surface area (Å²) in [5.74, 6) is 3.38. The van der Waals surface area contributed by atoms with Crippen molar-refractivity contribution in [2.75, 3.05) is 13.2 Å². The van der Waals surface area contributed by atoms with Crippen LogP contribution in [0.3, 0.4) is 0 Å². The fourth-order valence-corrected chi connectivity index (χ4v) is 6.58. The molecule has 0 bridgehead atoms. The van der Waals surface area contributed by atoms with Gasteiger partial charge in [-0.2, -0.15) is 0 Å². The van der Waals surface area contributed by atoms with E-state index in [4.69, 9.17) is 14.2 Å². The van der Waals surface area contributed by atoms with Crippen molar-refractivity contribution in [2.24, 2.45) is 23.2 Å². The average Bonchev–Trinajstić information content (AvgIpc) is 2.89. The van der Waals surface area contributed by atoms with E-state index in [0.29, 0.717) is 0 Å². The molecule has 0 amide bonds. The van der Waals surface area contributed by atoms with Crippen molar-refractivity contribution in [1.82, 2.24) is 0 Å². The van der Waals surface area contributed by atoms with Crippen LogP contribution < -0.4 is 4.74 Å². The largest absolute Gasteiger partial charge is 0.508 e. The van der Waals surface area contributed by atoms with Crippen LogP contribution in [-0.4, -0.2) is 30.8 Å². The number of benzene rings is 1. The van der Waals surface area contributed by atoms with Crippen LogP contribution in [0.15, 0.2) is 0 Å². The summed E-state index contributed by atoms with van der Waals surface area (Å²) >= 11 is 0. The number of carbonyl (C=O) groups is 2. The van der Waals surface area contributed by atoms with Crippen LogP contribution in [0.2, 0.25) is 0 Å². The van der Waals surface area contributed by atoms with Crippen LogP contribution in [-0.2, 0) is 15.9 Å². The van der Waals surface area contributed by atoms with Crippen molar-refractivity contribution in [1.29, 1.82) is 0 Å². The van der Waals surface area contributed by atoms with Gasteiger partial charge in [-0.15, -0.1) is 0 Å². The van der Waals surface area contributed by atoms with E-state index in [0.717, 1.165) is 70.6 Å². The van der Waals surface area contributed by atoms with Crippen molar-refractivity contribution in [2.45, 2.75) is 139 Å². The minimum absolute atomic E-state index is 0.0202. The van der Waals surface area contributed by atoms with Gasteiger partial charge in [-0.1, -0.05) is 72.6 Å². The fourth-order valence-electron chi connectivity index (χ4n) is 6.58. The minimum Gasteiger partial charge on any atom is -0.487 e. The first kappa shape index (κ1) is 32.5. The van der Waals surface area contributed by atoms with Crippen LogP contribution in [0.4, 0.5) is 4.79 Å². The molecule has 2 heterocycles. The van der Waals surface area contributed by atoms with Gasteiger partial charge in [0.15, 0.2) is 5.78 Å². The van der Waals surface area contributed by atoms with Gasteiger partial charge in [0.2, 0.25) is 0 Å². The molecule has 226 valence electrons. The topological polar surface area (TPSA) is 61.8 Å². The Morgan fingerprint density at radius 2 is 1.35 bits per heavy atom. The highest BCUT2D eigenvalue weighted by molar-refractivity contribution is 6.04. The Hall–Kier alpha value is -2.04. The average molecular weight is 557 g/mol. The van der Waals surface area contributed by atoms with E-state index in [2.05, 4.69) is 41.5 Å². The maximum Gasteiger partial charge on any atom is 0.508 e. The van der Waals surface area contributed by atoms with Crippen LogP contribution in [0.25, 0.3) is 0 Å². The summed E-state index contributed by atoms with van der Waals surface area (Å²) in [6.07, 6.45) is 12.8. The third kappa shape index (κ3) is 8.03. The molecular weight excluding hydrogens is 500 g/mol. The predicted octanol–water partition coefficient (Wildman–Crippen LogP) is 9.49. The summed E-state index contributed by atoms with van der Waals surface area (Å²) in [6.45, 7) is 19.8. The van der Waals surface area contributed by atoms with Gasteiger partial charge in [0.05, 0.1) is 5.41 Å². The van der Waals surface area contributed by atoms with Crippen molar-refractivity contribution < 1.29 is 23.8 Å². The monoisotopic (exact) mass is 556 g/mol. The van der Waals surface area contributed by atoms with Crippen LogP contribution in [0.1, 0.15) is 138 Å². The van der Waals surface area contributed by atoms with E-state index in [1.807, 2.05) is 20.8 Å². The van der Waals surface area contributed by atoms with Crippen LogP contribution >= 0.6 is 0 Å². The molecule has 0 radical (unpaired) electrons. The second-order valence-corrected chi connectivity index (χ2v) is 14.2. The van der Waals surface area contributed by atoms with E-state index in [1.165, 1.54) is 51.4 Å². The molecule has 1 fully saturated rings. The zero-order chi connectivity index (χ0) is 29.7. The maximum absolute atomic E-state index is 13.7. The van der Waals surface area contributed by atoms with Gasteiger partial charge >= 0.3 is 6.16 Å². The third-order valence-electron chi connectivity index (χ3n) is 9.70. The second kappa shape index (κ2) is 13.7. The number of fused-ring (bicyclic) bond motifs is 1. The number of cyclic esters (lactones) is 2. The van der Waals surface area contributed by atoms with Crippen LogP contribution in [0, 0.1) is 43.9 Å². The highest BCUT2D eigenvalue weighted by Gasteiger charge is 2.43. The van der Waals surface area contributed by atoms with Gasteiger partial charge in [-0.3, -0.25) is 4.79 Å². The van der Waals surface area contributed by atoms with Crippen LogP contribution in [0.5, 0.6) is 5.75 Å². The van der Waals surface area contributed by atoms with E-state index in [-0.39, 0.29) is 24.6 Å². The number of Topliss-reactive ketones (excluding diaryl/α,β-unsaturated/α-hetero) is 1. The second-order valence-electron chi connectivity index (χ2n) is 14.2. The molecule has 40 heavy (non-hydrogen) atoms. The highest BCUT2D eigenvalue weighted by atomic mass is 16.7. The molecule has 2 aliphatic rings. The van der Waals surface area contributed by atoms with Crippen molar-refractivity contribution in [3.05, 3.63) is 27.8 Å². The number of hydrogen-bond acceptors (Lipinski definition) is 5. The Bertz CT molecular complexity index is 1030. The minimum atomic E-state index is -0.878. The van der Waals surface area contributed by atoms with E-state index >= 15 is 0 Å². The third-order valence-corrected chi connectivity index (χ3v) is 9.70. The molecule has 1 aromatic rings. The summed E-state index contributed by atoms with van der Waals surface area (Å²) in [7, 11) is 0. The number of carbonyl (C=O) groups excluding carboxylic acids is 2. The lowest BCUT2D eigenvalue weighted by Crippen LogP contribution is -2.44. The molecule has 3 atom stereocenters. The molecule has 0 aromatic heterocycles. The van der Waals surface area contributed by atoms with Gasteiger partial charge in [-0.05, 0) is 100 Å². The van der Waals surface area contributed by atoms with Gasteiger partial charge in [-0.25, -0.2) is 4.79 Å². The Kier molecular flexibility index (Phi) is 11.2. The zero-order valence-electron chi connectivity index (χ0n) is 27.0. The van der Waals surface area contributed by atoms with Gasteiger partial charge in [0.1, 0.15) is 24.6 Å². The molecule has 2 aliphatic heterocycles. The SMILES string of the molecule is Cc1c(C)c(C(=O)C2(C)COC(=O)OC2)c(C)c2c1OC(C)(CCCC(C)CCCC(C)CCCC(C)C)CC2. The molecule has 0 spiro atoms. The van der Waals surface area contributed by atoms with E-state index < -0.39 is 11.6 Å². The lowest BCUT2D eigenvalue weighted by atomic mass is 9.76. The number of hydrogen-bond donors (Lipinski definition) is 0. The summed E-state index contributed by atoms with van der Waals surface area (Å²) in [4.78, 5) is 25.1. The van der Waals surface area contributed by atoms with Crippen molar-refractivity contribution in [3.63, 3.8) is 0 Å². The Balaban J connectivity index is 1.55. The molecule has 1 aromatic carbocycles. The predicted molar refractivity (Wildman–Crippen MR) is 162 cm³/mol. The molecular formula is C35H56O5. The number of ether oxygens (including phenoxy) is 3. The first-order valence-electron chi connectivity index (χ1n) is 15.9. The molecule has 5 nitrogen and oxygen atoms in total. The molecule has 0 saturated carbocycles. The summed E-state index contributed by atoms with van der Waals surface area (Å²) in [5.41, 5.74) is 3.82. The van der Waals surface area contributed by atoms with E-state index in [9.17, 15) is 9.59 Å². The molecule has 5 heteroatoms. The fraction of sp³-hybridized carbons (Fsp3) is 0.771. The first-order valence-corrected chi connectivity index (χ1v) is 15.9. The summed E-state index contributed by atoms with van der Waals surface area (Å²) in [6, 6.07) is 0. The lowest BCUT2D eigenvalue weighted by molar-refractivity contribution is -0.0396. The maximum atomic E-state index is 13.7. The summed E-state index contributed by atoms with van der Waals surface area (Å²) in [5, 5.41) is 0. The lowest BCUT2D eigenvalue weighted by Gasteiger charge is -2.39. The standard InChI is InChI=1S/C35H56O5/c1-23(2)13-10-14-24(3)15-11-16-25(4)17-12-19-35(9)20-18-29-28(7)30(26(5)27(6)31(29)40-35)32(36)34(8)21-38-33(37)39-22-34/h23-25H,10-22H2,1-9H3. The first-order chi connectivity index (χ1) is 18.8. The normalized spacial score (nSPS) is 21.7. The van der Waals surface area contributed by atoms with Crippen molar-refractivity contribution >= 4 is 11.9 Å². The molecule has 3 unspecified atom stereocenters. The Morgan fingerprint density at radius 1 is 0.800 bits per heavy atom. The Morgan fingerprint density at radius 3 is 1.93 bits per heavy atom. The van der Waals surface area contributed by atoms with Gasteiger partial charge in [0.25, 0.3) is 0 Å². The number of ketones is 1. The summed E-state index contributed by atoms with van der Waals surface area (Å²) < 4.78 is 16.9. The molecule has 0 N–H and O–H groups in total. The Labute approximate surface area is 244 Å². The smallest absolute Gasteiger partial charge is 0.487 e. The van der Waals surface area contributed by atoms with Gasteiger partial charge < -0.3 is 14.2 Å². The molecule has 3 rings (SSSR count). The van der Waals surface area contributed by atoms with Crippen molar-refractivity contribution in [3.8, 4) is 5.75 Å². The van der Waals surface area contributed by atoms with Gasteiger partial charge in [0, 0.05) is 5.56 Å². The number of rotatable bonds is 14. The quantitative estimate of drug-likeness (QED) is 0.169. The molecule has 0 aliphatic carbocycles. The van der Waals surface area contributed by atoms with E-state index in [1.54, 1.807) is 0 Å². The zero-order valence-corrected chi connectivity index (χ0v) is 27.0. The molecule has 1 saturated heterocycles.